The van der Waals surface area contributed by atoms with Gasteiger partial charge >= 0.3 is 20.9 Å². The van der Waals surface area contributed by atoms with E-state index in [-0.39, 0.29) is 19.2 Å². The summed E-state index contributed by atoms with van der Waals surface area (Å²) in [5.41, 5.74) is -0.522. The second-order valence-electron chi connectivity index (χ2n) is 7.85. The lowest BCUT2D eigenvalue weighted by Gasteiger charge is -2.28. The van der Waals surface area contributed by atoms with Crippen LogP contribution in [0.1, 0.15) is 60.8 Å². The van der Waals surface area contributed by atoms with Gasteiger partial charge in [0, 0.05) is 32.4 Å². The molecule has 1 N–H and O–H groups in total. The van der Waals surface area contributed by atoms with E-state index in [4.69, 9.17) is 27.5 Å². The van der Waals surface area contributed by atoms with Gasteiger partial charge in [-0.15, -0.1) is 0 Å². The largest absolute Gasteiger partial charge is 0.500 e. The summed E-state index contributed by atoms with van der Waals surface area (Å²) in [5, 5.41) is 2.62. The summed E-state index contributed by atoms with van der Waals surface area (Å²) in [6.45, 7) is 14.4. The zero-order chi connectivity index (χ0) is 23.6. The van der Waals surface area contributed by atoms with E-state index in [0.29, 0.717) is 39.6 Å². The fourth-order valence-electron chi connectivity index (χ4n) is 2.57. The summed E-state index contributed by atoms with van der Waals surface area (Å²) in [6, 6.07) is 0.761. The highest BCUT2D eigenvalue weighted by Gasteiger charge is 2.39. The van der Waals surface area contributed by atoms with Crippen molar-refractivity contribution < 1.29 is 37.1 Å². The second kappa shape index (κ2) is 17.4. The van der Waals surface area contributed by atoms with E-state index in [1.54, 1.807) is 20.8 Å². The van der Waals surface area contributed by atoms with E-state index in [9.17, 15) is 9.59 Å². The number of nitrogens with one attached hydrogen (secondary N) is 1. The third-order valence-electron chi connectivity index (χ3n) is 4.04. The first-order chi connectivity index (χ1) is 14.7. The fourth-order valence-corrected chi connectivity index (χ4v) is 5.26. The highest BCUT2D eigenvalue weighted by molar-refractivity contribution is 6.60. The fraction of sp³-hybridized carbons (Fsp3) is 0.905. The monoisotopic (exact) mass is 465 g/mol. The van der Waals surface area contributed by atoms with E-state index in [1.807, 2.05) is 20.8 Å². The highest BCUT2D eigenvalue weighted by Crippen LogP contribution is 2.20. The number of hydrogen-bond donors (Lipinski definition) is 1. The van der Waals surface area contributed by atoms with E-state index in [0.717, 1.165) is 25.3 Å². The molecule has 0 rings (SSSR count). The molecule has 0 bridgehead atoms. The number of esters is 1. The van der Waals surface area contributed by atoms with Crippen molar-refractivity contribution in [3.05, 3.63) is 0 Å². The van der Waals surface area contributed by atoms with Gasteiger partial charge in [-0.1, -0.05) is 6.42 Å². The maximum atomic E-state index is 11.7. The van der Waals surface area contributed by atoms with E-state index >= 15 is 0 Å². The summed E-state index contributed by atoms with van der Waals surface area (Å²) >= 11 is 0. The predicted molar refractivity (Wildman–Crippen MR) is 120 cm³/mol. The van der Waals surface area contributed by atoms with Gasteiger partial charge in [-0.3, -0.25) is 4.79 Å². The minimum Gasteiger partial charge on any atom is -0.463 e. The highest BCUT2D eigenvalue weighted by atomic mass is 28.4. The predicted octanol–water partition coefficient (Wildman–Crippen LogP) is 3.54. The van der Waals surface area contributed by atoms with Crippen LogP contribution in [0.5, 0.6) is 0 Å². The Hall–Kier alpha value is -1.20. The van der Waals surface area contributed by atoms with Gasteiger partial charge in [0.25, 0.3) is 0 Å². The summed E-state index contributed by atoms with van der Waals surface area (Å²) < 4.78 is 33.0. The van der Waals surface area contributed by atoms with Crippen molar-refractivity contribution in [2.24, 2.45) is 5.41 Å². The smallest absolute Gasteiger partial charge is 0.463 e. The standard InChI is InChI=1S/C21H43NO8Si/c1-7-28-31(29-8-2,30-9-3)18-12-10-11-14-27-20(24)22-13-15-25-16-17-26-19(23)21(4,5)6/h7-18H2,1-6H3,(H,22,24). The normalized spacial score (nSPS) is 11.9. The van der Waals surface area contributed by atoms with Crippen LogP contribution in [0, 0.1) is 5.41 Å². The third-order valence-corrected chi connectivity index (χ3v) is 7.19. The van der Waals surface area contributed by atoms with E-state index < -0.39 is 20.3 Å². The molecule has 0 saturated heterocycles. The van der Waals surface area contributed by atoms with Crippen LogP contribution in [0.3, 0.4) is 0 Å². The van der Waals surface area contributed by atoms with Crippen LogP contribution in [0.2, 0.25) is 6.04 Å². The zero-order valence-electron chi connectivity index (χ0n) is 20.3. The molecule has 184 valence electrons. The Morgan fingerprint density at radius 3 is 1.94 bits per heavy atom. The van der Waals surface area contributed by atoms with Gasteiger partial charge in [-0.05, 0) is 54.4 Å². The van der Waals surface area contributed by atoms with Gasteiger partial charge < -0.3 is 32.8 Å². The Kier molecular flexibility index (Phi) is 16.7. The number of ether oxygens (including phenoxy) is 3. The number of rotatable bonds is 18. The van der Waals surface area contributed by atoms with Gasteiger partial charge in [-0.2, -0.15) is 0 Å². The summed E-state index contributed by atoms with van der Waals surface area (Å²) in [5.74, 6) is -0.264. The lowest BCUT2D eigenvalue weighted by atomic mass is 9.97. The second-order valence-corrected chi connectivity index (χ2v) is 10.6. The number of carbonyl (C=O) groups is 2. The van der Waals surface area contributed by atoms with Crippen molar-refractivity contribution >= 4 is 20.9 Å². The van der Waals surface area contributed by atoms with Gasteiger partial charge in [0.1, 0.15) is 6.61 Å². The Labute approximate surface area is 188 Å². The Morgan fingerprint density at radius 2 is 1.39 bits per heavy atom. The van der Waals surface area contributed by atoms with Crippen molar-refractivity contribution in [3.63, 3.8) is 0 Å². The molecule has 0 aromatic carbocycles. The Bertz CT molecular complexity index is 467. The lowest BCUT2D eigenvalue weighted by molar-refractivity contribution is -0.154. The molecular formula is C21H43NO8Si. The molecule has 0 heterocycles. The van der Waals surface area contributed by atoms with Gasteiger partial charge in [0.15, 0.2) is 0 Å². The van der Waals surface area contributed by atoms with Crippen molar-refractivity contribution in [2.75, 3.05) is 52.8 Å². The minimum absolute atomic E-state index is 0.195. The first-order valence-electron chi connectivity index (χ1n) is 11.3. The quantitative estimate of drug-likeness (QED) is 0.186. The van der Waals surface area contributed by atoms with Gasteiger partial charge in [0.05, 0.1) is 25.2 Å². The minimum atomic E-state index is -2.59. The summed E-state index contributed by atoms with van der Waals surface area (Å²) in [4.78, 5) is 23.2. The van der Waals surface area contributed by atoms with Crippen LogP contribution in [0.15, 0.2) is 0 Å². The summed E-state index contributed by atoms with van der Waals surface area (Å²) in [6.07, 6.45) is 2.08. The molecule has 9 nitrogen and oxygen atoms in total. The number of carbonyl (C=O) groups excluding carboxylic acids is 2. The lowest BCUT2D eigenvalue weighted by Crippen LogP contribution is -2.45. The van der Waals surface area contributed by atoms with Crippen molar-refractivity contribution in [2.45, 2.75) is 66.8 Å². The average molecular weight is 466 g/mol. The Morgan fingerprint density at radius 1 is 0.774 bits per heavy atom. The van der Waals surface area contributed by atoms with Crippen molar-refractivity contribution in [1.29, 1.82) is 0 Å². The van der Waals surface area contributed by atoms with Crippen LogP contribution in [-0.2, 0) is 32.3 Å². The maximum Gasteiger partial charge on any atom is 0.500 e. The molecular weight excluding hydrogens is 422 g/mol. The van der Waals surface area contributed by atoms with Gasteiger partial charge in [-0.25, -0.2) is 4.79 Å². The maximum absolute atomic E-state index is 11.7. The average Bonchev–Trinajstić information content (AvgIpc) is 2.69. The van der Waals surface area contributed by atoms with Crippen molar-refractivity contribution in [1.82, 2.24) is 5.32 Å². The molecule has 0 radical (unpaired) electrons. The number of amides is 1. The van der Waals surface area contributed by atoms with Crippen LogP contribution in [0.25, 0.3) is 0 Å². The molecule has 0 aromatic rings. The molecule has 1 amide bonds. The van der Waals surface area contributed by atoms with E-state index in [2.05, 4.69) is 5.32 Å². The van der Waals surface area contributed by atoms with Crippen molar-refractivity contribution in [3.8, 4) is 0 Å². The molecule has 10 heteroatoms. The van der Waals surface area contributed by atoms with Crippen LogP contribution >= 0.6 is 0 Å². The van der Waals surface area contributed by atoms with Gasteiger partial charge in [0.2, 0.25) is 0 Å². The number of alkyl carbamates (subject to hydrolysis) is 1. The SMILES string of the molecule is CCO[Si](CCCCCOC(=O)NCCOCCOC(=O)C(C)(C)C)(OCC)OCC. The molecule has 0 aliphatic heterocycles. The molecule has 0 spiro atoms. The van der Waals surface area contributed by atoms with Crippen LogP contribution in [-0.4, -0.2) is 73.7 Å². The first kappa shape index (κ1) is 29.8. The Balaban J connectivity index is 3.74. The third kappa shape index (κ3) is 15.3. The molecule has 0 saturated carbocycles. The molecule has 31 heavy (non-hydrogen) atoms. The van der Waals surface area contributed by atoms with E-state index in [1.165, 1.54) is 0 Å². The molecule has 0 aliphatic carbocycles. The number of unbranched alkanes of at least 4 members (excludes halogenated alkanes) is 2. The topological polar surface area (TPSA) is 102 Å². The zero-order valence-corrected chi connectivity index (χ0v) is 21.3. The molecule has 0 atom stereocenters. The first-order valence-corrected chi connectivity index (χ1v) is 13.2. The van der Waals surface area contributed by atoms with Crippen LogP contribution < -0.4 is 5.32 Å². The number of hydrogen-bond acceptors (Lipinski definition) is 8. The molecule has 0 fully saturated rings. The molecule has 0 aromatic heterocycles. The summed E-state index contributed by atoms with van der Waals surface area (Å²) in [7, 11) is -2.59. The molecule has 0 aliphatic rings. The molecule has 0 unspecified atom stereocenters. The van der Waals surface area contributed by atoms with Crippen LogP contribution in [0.4, 0.5) is 4.79 Å².